The van der Waals surface area contributed by atoms with E-state index in [1.54, 1.807) is 38.1 Å². The lowest BCUT2D eigenvalue weighted by Crippen LogP contribution is -2.06. The van der Waals surface area contributed by atoms with Crippen molar-refractivity contribution < 1.29 is 19.1 Å². The van der Waals surface area contributed by atoms with Crippen LogP contribution < -0.4 is 0 Å². The Hall–Kier alpha value is -2.76. The highest BCUT2D eigenvalue weighted by Crippen LogP contribution is 2.20. The van der Waals surface area contributed by atoms with Crippen molar-refractivity contribution in [1.29, 1.82) is 0 Å². The summed E-state index contributed by atoms with van der Waals surface area (Å²) in [6.07, 6.45) is 0. The molecular weight excluding hydrogens is 296 g/mol. The highest BCUT2D eigenvalue weighted by molar-refractivity contribution is 6.06. The Bertz CT molecular complexity index is 773. The summed E-state index contributed by atoms with van der Waals surface area (Å²) < 4.78 is 6.46. The second-order valence-corrected chi connectivity index (χ2v) is 5.10. The molecular formula is C17H18N2O4. The van der Waals surface area contributed by atoms with E-state index < -0.39 is 5.97 Å². The van der Waals surface area contributed by atoms with Crippen LogP contribution in [0, 0.1) is 6.92 Å². The van der Waals surface area contributed by atoms with E-state index in [4.69, 9.17) is 4.74 Å². The molecule has 0 spiro atoms. The van der Waals surface area contributed by atoms with E-state index >= 15 is 0 Å². The third-order valence-electron chi connectivity index (χ3n) is 3.42. The number of carbonyl (C=O) groups excluding carboxylic acids is 3. The predicted octanol–water partition coefficient (Wildman–Crippen LogP) is 2.76. The molecule has 2 aromatic rings. The Morgan fingerprint density at radius 1 is 1.09 bits per heavy atom. The minimum Gasteiger partial charge on any atom is -0.462 e. The largest absolute Gasteiger partial charge is 0.462 e. The van der Waals surface area contributed by atoms with E-state index in [1.165, 1.54) is 18.5 Å². The second-order valence-electron chi connectivity index (χ2n) is 5.10. The van der Waals surface area contributed by atoms with Gasteiger partial charge in [-0.3, -0.25) is 9.59 Å². The summed E-state index contributed by atoms with van der Waals surface area (Å²) >= 11 is 0. The van der Waals surface area contributed by atoms with Crippen molar-refractivity contribution in [3.05, 3.63) is 46.8 Å². The molecule has 0 amide bonds. The first-order valence-corrected chi connectivity index (χ1v) is 7.25. The standard InChI is InChI=1S/C17H18N2O4/c1-5-23-17(22)13-6-8-14(9-7-13)19-10(2)15(11(3)20)16(18-19)12(4)21/h6-9H,5H2,1-4H3. The summed E-state index contributed by atoms with van der Waals surface area (Å²) in [5, 5.41) is 4.24. The monoisotopic (exact) mass is 314 g/mol. The first-order valence-electron chi connectivity index (χ1n) is 7.25. The molecule has 0 atom stereocenters. The molecule has 0 radical (unpaired) electrons. The van der Waals surface area contributed by atoms with Crippen molar-refractivity contribution in [3.8, 4) is 5.69 Å². The summed E-state index contributed by atoms with van der Waals surface area (Å²) in [5.41, 5.74) is 2.16. The molecule has 23 heavy (non-hydrogen) atoms. The Morgan fingerprint density at radius 3 is 2.13 bits per heavy atom. The van der Waals surface area contributed by atoms with Crippen molar-refractivity contribution in [1.82, 2.24) is 9.78 Å². The van der Waals surface area contributed by atoms with Crippen LogP contribution in [-0.2, 0) is 4.74 Å². The van der Waals surface area contributed by atoms with Gasteiger partial charge in [0, 0.05) is 6.92 Å². The topological polar surface area (TPSA) is 78.3 Å². The molecule has 1 aromatic heterocycles. The average Bonchev–Trinajstić information content (AvgIpc) is 2.85. The fourth-order valence-electron chi connectivity index (χ4n) is 2.37. The molecule has 0 fully saturated rings. The van der Waals surface area contributed by atoms with Gasteiger partial charge >= 0.3 is 5.97 Å². The maximum absolute atomic E-state index is 11.8. The Morgan fingerprint density at radius 2 is 1.70 bits per heavy atom. The van der Waals surface area contributed by atoms with Crippen LogP contribution in [0.5, 0.6) is 0 Å². The predicted molar refractivity (Wildman–Crippen MR) is 84.3 cm³/mol. The summed E-state index contributed by atoms with van der Waals surface area (Å²) in [4.78, 5) is 35.1. The van der Waals surface area contributed by atoms with Crippen molar-refractivity contribution in [2.24, 2.45) is 0 Å². The molecule has 0 aliphatic heterocycles. The maximum Gasteiger partial charge on any atom is 0.338 e. The number of aromatic nitrogens is 2. The molecule has 0 aliphatic carbocycles. The number of hydrogen-bond donors (Lipinski definition) is 0. The third-order valence-corrected chi connectivity index (χ3v) is 3.42. The van der Waals surface area contributed by atoms with Gasteiger partial charge in [0.05, 0.1) is 29.1 Å². The summed E-state index contributed by atoms with van der Waals surface area (Å²) in [6.45, 7) is 6.57. The van der Waals surface area contributed by atoms with Gasteiger partial charge in [-0.05, 0) is 45.0 Å². The lowest BCUT2D eigenvalue weighted by Gasteiger charge is -2.06. The number of carbonyl (C=O) groups is 3. The average molecular weight is 314 g/mol. The molecule has 0 aliphatic rings. The van der Waals surface area contributed by atoms with E-state index in [-0.39, 0.29) is 17.3 Å². The minimum absolute atomic E-state index is 0.157. The van der Waals surface area contributed by atoms with Crippen LogP contribution in [0.4, 0.5) is 0 Å². The molecule has 0 saturated heterocycles. The molecule has 0 unspecified atom stereocenters. The van der Waals surface area contributed by atoms with Crippen molar-refractivity contribution in [2.45, 2.75) is 27.7 Å². The lowest BCUT2D eigenvalue weighted by molar-refractivity contribution is 0.0526. The van der Waals surface area contributed by atoms with Crippen LogP contribution in [0.3, 0.4) is 0 Å². The molecule has 6 heteroatoms. The summed E-state index contributed by atoms with van der Waals surface area (Å²) in [7, 11) is 0. The molecule has 6 nitrogen and oxygen atoms in total. The Kier molecular flexibility index (Phi) is 4.74. The normalized spacial score (nSPS) is 10.4. The number of esters is 1. The van der Waals surface area contributed by atoms with Crippen LogP contribution in [0.25, 0.3) is 5.69 Å². The number of hydrogen-bond acceptors (Lipinski definition) is 5. The quantitative estimate of drug-likeness (QED) is 0.626. The van der Waals surface area contributed by atoms with Gasteiger partial charge in [0.2, 0.25) is 0 Å². The SMILES string of the molecule is CCOC(=O)c1ccc(-n2nc(C(C)=O)c(C(C)=O)c2C)cc1. The van der Waals surface area contributed by atoms with Gasteiger partial charge < -0.3 is 4.74 Å². The van der Waals surface area contributed by atoms with Gasteiger partial charge in [0.25, 0.3) is 0 Å². The van der Waals surface area contributed by atoms with Crippen molar-refractivity contribution in [3.63, 3.8) is 0 Å². The van der Waals surface area contributed by atoms with Crippen LogP contribution >= 0.6 is 0 Å². The maximum atomic E-state index is 11.8. The fraction of sp³-hybridized carbons (Fsp3) is 0.294. The van der Waals surface area contributed by atoms with Gasteiger partial charge in [-0.15, -0.1) is 0 Å². The van der Waals surface area contributed by atoms with Gasteiger partial charge in [-0.2, -0.15) is 5.10 Å². The molecule has 2 rings (SSSR count). The van der Waals surface area contributed by atoms with Crippen molar-refractivity contribution in [2.75, 3.05) is 6.61 Å². The molecule has 120 valence electrons. The third kappa shape index (κ3) is 3.21. The van der Waals surface area contributed by atoms with E-state index in [0.717, 1.165) is 0 Å². The van der Waals surface area contributed by atoms with Crippen LogP contribution in [0.15, 0.2) is 24.3 Å². The molecule has 1 aromatic carbocycles. The second kappa shape index (κ2) is 6.56. The van der Waals surface area contributed by atoms with Gasteiger partial charge in [-0.1, -0.05) is 0 Å². The van der Waals surface area contributed by atoms with Crippen LogP contribution in [0.2, 0.25) is 0 Å². The highest BCUT2D eigenvalue weighted by atomic mass is 16.5. The number of Topliss-reactive ketones (excluding diaryl/α,β-unsaturated/α-hetero) is 2. The summed E-state index contributed by atoms with van der Waals surface area (Å²) in [6, 6.07) is 6.63. The molecule has 0 bridgehead atoms. The minimum atomic E-state index is -0.398. The van der Waals surface area contributed by atoms with Crippen LogP contribution in [-0.4, -0.2) is 33.9 Å². The summed E-state index contributed by atoms with van der Waals surface area (Å²) in [5.74, 6) is -0.868. The number of ketones is 2. The smallest absolute Gasteiger partial charge is 0.338 e. The first-order chi connectivity index (χ1) is 10.9. The van der Waals surface area contributed by atoms with E-state index in [0.29, 0.717) is 29.1 Å². The highest BCUT2D eigenvalue weighted by Gasteiger charge is 2.22. The first kappa shape index (κ1) is 16.6. The van der Waals surface area contributed by atoms with E-state index in [9.17, 15) is 14.4 Å². The number of benzene rings is 1. The zero-order valence-electron chi connectivity index (χ0n) is 13.5. The zero-order valence-corrected chi connectivity index (χ0v) is 13.5. The van der Waals surface area contributed by atoms with Gasteiger partial charge in [0.15, 0.2) is 11.6 Å². The van der Waals surface area contributed by atoms with Crippen molar-refractivity contribution >= 4 is 17.5 Å². The molecule has 0 N–H and O–H groups in total. The lowest BCUT2D eigenvalue weighted by atomic mass is 10.1. The fourth-order valence-corrected chi connectivity index (χ4v) is 2.37. The van der Waals surface area contributed by atoms with Gasteiger partial charge in [-0.25, -0.2) is 9.48 Å². The Labute approximate surface area is 134 Å². The zero-order chi connectivity index (χ0) is 17.1. The molecule has 0 saturated carbocycles. The van der Waals surface area contributed by atoms with Gasteiger partial charge in [0.1, 0.15) is 5.69 Å². The van der Waals surface area contributed by atoms with E-state index in [2.05, 4.69) is 5.10 Å². The number of rotatable bonds is 5. The number of nitrogens with zero attached hydrogens (tertiary/aromatic N) is 2. The van der Waals surface area contributed by atoms with Crippen LogP contribution in [0.1, 0.15) is 57.7 Å². The molecule has 1 heterocycles. The Balaban J connectivity index is 2.47. The number of ether oxygens (including phenoxy) is 1. The van der Waals surface area contributed by atoms with E-state index in [1.807, 2.05) is 0 Å².